The fourth-order valence-electron chi connectivity index (χ4n) is 0.277. The normalized spacial score (nSPS) is 7.33. The van der Waals surface area contributed by atoms with Crippen molar-refractivity contribution < 1.29 is 5.01 Å². The number of aromatic amines is 1. The summed E-state index contributed by atoms with van der Waals surface area (Å²) in [5.41, 5.74) is 0. The summed E-state index contributed by atoms with van der Waals surface area (Å²) in [7, 11) is 1.76. The standard InChI is InChI=1S/C3H3BN2/c1-2-4-6-5-3-1/h1-3H/p+1. The van der Waals surface area contributed by atoms with Crippen LogP contribution < -0.4 is 5.01 Å². The molecule has 1 aromatic rings. The average Bonchev–Trinajstić information content (AvgIpc) is 1.72. The van der Waals surface area contributed by atoms with E-state index in [9.17, 15) is 0 Å². The van der Waals surface area contributed by atoms with Gasteiger partial charge in [0, 0.05) is 0 Å². The van der Waals surface area contributed by atoms with E-state index in [0.29, 0.717) is 0 Å². The molecule has 6 heavy (non-hydrogen) atoms. The molecule has 0 saturated carbocycles. The predicted octanol–water partition coefficient (Wildman–Crippen LogP) is -0.766. The Morgan fingerprint density at radius 2 is 2.67 bits per heavy atom. The van der Waals surface area contributed by atoms with Crippen LogP contribution in [0.4, 0.5) is 0 Å². The van der Waals surface area contributed by atoms with E-state index in [1.807, 2.05) is 12.0 Å². The average molecular weight is 78.9 g/mol. The van der Waals surface area contributed by atoms with Crippen molar-refractivity contribution in [2.75, 3.05) is 0 Å². The maximum atomic E-state index is 3.66. The molecule has 3 heteroatoms. The third kappa shape index (κ3) is 0.609. The summed E-state index contributed by atoms with van der Waals surface area (Å²) < 4.78 is 0. The van der Waals surface area contributed by atoms with E-state index in [0.717, 1.165) is 0 Å². The molecule has 1 heterocycles. The van der Waals surface area contributed by atoms with Crippen molar-refractivity contribution in [1.29, 1.82) is 0 Å². The molecule has 1 N–H and O–H groups in total. The summed E-state index contributed by atoms with van der Waals surface area (Å²) >= 11 is 0. The van der Waals surface area contributed by atoms with Gasteiger partial charge in [0.2, 0.25) is 0 Å². The van der Waals surface area contributed by atoms with Gasteiger partial charge in [-0.25, -0.2) is 0 Å². The second-order valence-corrected chi connectivity index (χ2v) is 0.959. The second kappa shape index (κ2) is 1.65. The fraction of sp³-hybridized carbons (Fsp3) is 0. The summed E-state index contributed by atoms with van der Waals surface area (Å²) in [5, 5.41) is 6.30. The van der Waals surface area contributed by atoms with Crippen LogP contribution in [0.5, 0.6) is 0 Å². The second-order valence-electron chi connectivity index (χ2n) is 0.959. The Morgan fingerprint density at radius 3 is 2.83 bits per heavy atom. The SMILES string of the molecule is b1cccn[nH+]1. The zero-order valence-corrected chi connectivity index (χ0v) is 3.26. The summed E-state index contributed by atoms with van der Waals surface area (Å²) in [5.74, 6) is 1.88. The van der Waals surface area contributed by atoms with Gasteiger partial charge in [-0.2, -0.15) is 0 Å². The van der Waals surface area contributed by atoms with Crippen LogP contribution in [0.1, 0.15) is 0 Å². The first kappa shape index (κ1) is 3.46. The van der Waals surface area contributed by atoms with Gasteiger partial charge >= 0.3 is 35.4 Å². The zero-order valence-electron chi connectivity index (χ0n) is 3.26. The van der Waals surface area contributed by atoms with Crippen LogP contribution in [0.25, 0.3) is 0 Å². The minimum absolute atomic E-state index is 1.69. The van der Waals surface area contributed by atoms with Crippen LogP contribution in [0.3, 0.4) is 0 Å². The molecular formula is C3H4BN2+. The van der Waals surface area contributed by atoms with Crippen LogP contribution in [0, 0.1) is 0 Å². The Morgan fingerprint density at radius 1 is 1.67 bits per heavy atom. The molecule has 0 radical (unpaired) electrons. The van der Waals surface area contributed by atoms with Crippen molar-refractivity contribution in [3.8, 4) is 0 Å². The summed E-state index contributed by atoms with van der Waals surface area (Å²) in [6.07, 6.45) is 1.69. The van der Waals surface area contributed by atoms with Gasteiger partial charge in [0.25, 0.3) is 0 Å². The number of aromatic nitrogens is 2. The molecule has 0 aliphatic carbocycles. The van der Waals surface area contributed by atoms with Crippen molar-refractivity contribution in [3.05, 3.63) is 18.2 Å². The quantitative estimate of drug-likeness (QED) is 0.401. The third-order valence-corrected chi connectivity index (χ3v) is 0.517. The van der Waals surface area contributed by atoms with Gasteiger partial charge in [-0.1, -0.05) is 0 Å². The molecule has 0 unspecified atom stereocenters. The van der Waals surface area contributed by atoms with E-state index < -0.39 is 0 Å². The predicted molar refractivity (Wildman–Crippen MR) is 22.1 cm³/mol. The number of hydrogen-bond acceptors (Lipinski definition) is 1. The Balaban J connectivity index is 3.00. The topological polar surface area (TPSA) is 27.0 Å². The molecule has 28 valence electrons. The van der Waals surface area contributed by atoms with E-state index >= 15 is 0 Å². The Kier molecular flexibility index (Phi) is 0.951. The van der Waals surface area contributed by atoms with Crippen molar-refractivity contribution in [2.45, 2.75) is 0 Å². The molecule has 0 aromatic carbocycles. The van der Waals surface area contributed by atoms with E-state index in [2.05, 4.69) is 10.1 Å². The molecular weight excluding hydrogens is 74.9 g/mol. The summed E-state index contributed by atoms with van der Waals surface area (Å²) in [4.78, 5) is 0. The molecule has 0 aliphatic heterocycles. The van der Waals surface area contributed by atoms with E-state index in [4.69, 9.17) is 0 Å². The van der Waals surface area contributed by atoms with Gasteiger partial charge in [-0.05, 0) is 0 Å². The first-order chi connectivity index (χ1) is 3.00. The number of hydrogen-bond donors (Lipinski definition) is 0. The molecule has 1 aromatic heterocycles. The zero-order chi connectivity index (χ0) is 4.24. The van der Waals surface area contributed by atoms with Gasteiger partial charge < -0.3 is 0 Å². The minimum atomic E-state index is 1.69. The summed E-state index contributed by atoms with van der Waals surface area (Å²) in [6, 6.07) is 1.86. The number of rotatable bonds is 0. The van der Waals surface area contributed by atoms with Crippen LogP contribution in [-0.2, 0) is 0 Å². The first-order valence-corrected chi connectivity index (χ1v) is 1.77. The molecule has 0 fully saturated rings. The molecule has 0 bridgehead atoms. The molecule has 0 spiro atoms. The van der Waals surface area contributed by atoms with Gasteiger partial charge in [-0.3, -0.25) is 0 Å². The van der Waals surface area contributed by atoms with Crippen LogP contribution in [-0.4, -0.2) is 12.2 Å². The molecule has 0 atom stereocenters. The van der Waals surface area contributed by atoms with E-state index in [1.54, 1.807) is 13.2 Å². The number of H-pyrrole nitrogens is 1. The molecule has 2 nitrogen and oxygen atoms in total. The van der Waals surface area contributed by atoms with Crippen LogP contribution in [0.15, 0.2) is 18.2 Å². The third-order valence-electron chi connectivity index (χ3n) is 0.517. The Bertz CT molecular complexity index is 80.7. The van der Waals surface area contributed by atoms with Crippen molar-refractivity contribution in [1.82, 2.24) is 5.10 Å². The maximum absolute atomic E-state index is 3.66. The van der Waals surface area contributed by atoms with Gasteiger partial charge in [0.1, 0.15) is 0 Å². The van der Waals surface area contributed by atoms with Crippen molar-refractivity contribution in [3.63, 3.8) is 0 Å². The molecule has 0 aliphatic rings. The number of nitrogens with zero attached hydrogens (tertiary/aromatic N) is 1. The molecule has 0 amide bonds. The van der Waals surface area contributed by atoms with Crippen molar-refractivity contribution >= 4 is 7.05 Å². The summed E-state index contributed by atoms with van der Waals surface area (Å²) in [6.45, 7) is 0. The van der Waals surface area contributed by atoms with Gasteiger partial charge in [0.05, 0.1) is 0 Å². The monoisotopic (exact) mass is 79.0 g/mol. The fourth-order valence-corrected chi connectivity index (χ4v) is 0.277. The van der Waals surface area contributed by atoms with Gasteiger partial charge in [0.15, 0.2) is 0 Å². The van der Waals surface area contributed by atoms with Crippen LogP contribution >= 0.6 is 0 Å². The van der Waals surface area contributed by atoms with Gasteiger partial charge in [-0.15, -0.1) is 0 Å². The van der Waals surface area contributed by atoms with Crippen LogP contribution in [0.2, 0.25) is 0 Å². The van der Waals surface area contributed by atoms with E-state index in [-0.39, 0.29) is 0 Å². The Hall–Kier alpha value is -0.725. The Labute approximate surface area is 36.5 Å². The first-order valence-electron chi connectivity index (χ1n) is 1.77. The molecule has 0 saturated heterocycles. The van der Waals surface area contributed by atoms with Crippen molar-refractivity contribution in [2.24, 2.45) is 0 Å². The molecule has 1 rings (SSSR count). The van der Waals surface area contributed by atoms with E-state index in [1.165, 1.54) is 0 Å². The number of nitrogens with one attached hydrogen (secondary N) is 1.